The summed E-state index contributed by atoms with van der Waals surface area (Å²) in [5.41, 5.74) is 2.95. The Kier molecular flexibility index (Phi) is 5.15. The van der Waals surface area contributed by atoms with Crippen LogP contribution in [0.25, 0.3) is 0 Å². The van der Waals surface area contributed by atoms with Gasteiger partial charge < -0.3 is 10.4 Å². The van der Waals surface area contributed by atoms with Crippen molar-refractivity contribution in [2.45, 2.75) is 12.4 Å². The first kappa shape index (κ1) is 14.6. The third-order valence-electron chi connectivity index (χ3n) is 2.86. The van der Waals surface area contributed by atoms with E-state index in [1.54, 1.807) is 36.2 Å². The van der Waals surface area contributed by atoms with Gasteiger partial charge in [-0.15, -0.1) is 0 Å². The highest BCUT2D eigenvalue weighted by Crippen LogP contribution is 2.16. The second-order valence-electron chi connectivity index (χ2n) is 4.27. The van der Waals surface area contributed by atoms with E-state index in [4.69, 9.17) is 0 Å². The highest BCUT2D eigenvalue weighted by Gasteiger charge is 2.08. The summed E-state index contributed by atoms with van der Waals surface area (Å²) in [5, 5.41) is 12.0. The molecule has 1 amide bonds. The smallest absolute Gasteiger partial charge is 0.255 e. The van der Waals surface area contributed by atoms with E-state index in [9.17, 15) is 9.90 Å². The number of aliphatic hydroxyl groups excluding tert-OH is 1. The van der Waals surface area contributed by atoms with Crippen LogP contribution in [0.15, 0.2) is 42.7 Å². The molecule has 0 bridgehead atoms. The van der Waals surface area contributed by atoms with Crippen molar-refractivity contribution >= 4 is 23.4 Å². The largest absolute Gasteiger partial charge is 0.392 e. The molecule has 0 spiro atoms. The lowest BCUT2D eigenvalue weighted by Crippen LogP contribution is -2.13. The number of hydrogen-bond donors (Lipinski definition) is 2. The van der Waals surface area contributed by atoms with Crippen molar-refractivity contribution in [3.8, 4) is 0 Å². The number of rotatable bonds is 5. The highest BCUT2D eigenvalue weighted by molar-refractivity contribution is 7.97. The molecule has 4 nitrogen and oxygen atoms in total. The first-order valence-electron chi connectivity index (χ1n) is 6.17. The monoisotopic (exact) mass is 288 g/mol. The summed E-state index contributed by atoms with van der Waals surface area (Å²) < 4.78 is 0. The minimum atomic E-state index is -0.205. The van der Waals surface area contributed by atoms with Crippen molar-refractivity contribution < 1.29 is 9.90 Å². The molecule has 1 aromatic carbocycles. The Balaban J connectivity index is 2.11. The van der Waals surface area contributed by atoms with Gasteiger partial charge >= 0.3 is 0 Å². The van der Waals surface area contributed by atoms with E-state index >= 15 is 0 Å². The summed E-state index contributed by atoms with van der Waals surface area (Å²) in [7, 11) is 0. The Morgan fingerprint density at radius 3 is 2.70 bits per heavy atom. The summed E-state index contributed by atoms with van der Waals surface area (Å²) in [4.78, 5) is 16.1. The SMILES string of the molecule is CSCc1ccc(C(=O)Nc2cnccc2CO)cc1. The number of aromatic nitrogens is 1. The number of nitrogens with one attached hydrogen (secondary N) is 1. The van der Waals surface area contributed by atoms with E-state index in [2.05, 4.69) is 10.3 Å². The fourth-order valence-corrected chi connectivity index (χ4v) is 2.31. The van der Waals surface area contributed by atoms with Gasteiger partial charge in [0.25, 0.3) is 5.91 Å². The minimum Gasteiger partial charge on any atom is -0.392 e. The maximum Gasteiger partial charge on any atom is 0.255 e. The van der Waals surface area contributed by atoms with Gasteiger partial charge in [0.1, 0.15) is 0 Å². The van der Waals surface area contributed by atoms with E-state index in [0.717, 1.165) is 5.75 Å². The fraction of sp³-hybridized carbons (Fsp3) is 0.200. The topological polar surface area (TPSA) is 62.2 Å². The molecule has 0 atom stereocenters. The van der Waals surface area contributed by atoms with E-state index in [-0.39, 0.29) is 12.5 Å². The van der Waals surface area contributed by atoms with Crippen LogP contribution >= 0.6 is 11.8 Å². The molecule has 0 saturated carbocycles. The number of benzene rings is 1. The number of carbonyl (C=O) groups excluding carboxylic acids is 1. The van der Waals surface area contributed by atoms with Gasteiger partial charge in [0.15, 0.2) is 0 Å². The van der Waals surface area contributed by atoms with Gasteiger partial charge in [0, 0.05) is 23.1 Å². The average molecular weight is 288 g/mol. The van der Waals surface area contributed by atoms with Crippen LogP contribution in [-0.2, 0) is 12.4 Å². The molecule has 0 saturated heterocycles. The van der Waals surface area contributed by atoms with Crippen LogP contribution in [0.3, 0.4) is 0 Å². The Morgan fingerprint density at radius 1 is 1.30 bits per heavy atom. The predicted octanol–water partition coefficient (Wildman–Crippen LogP) is 2.69. The van der Waals surface area contributed by atoms with Crippen LogP contribution in [-0.4, -0.2) is 22.3 Å². The molecular weight excluding hydrogens is 272 g/mol. The second kappa shape index (κ2) is 7.07. The van der Waals surface area contributed by atoms with Gasteiger partial charge in [-0.1, -0.05) is 12.1 Å². The van der Waals surface area contributed by atoms with Gasteiger partial charge in [0.05, 0.1) is 18.5 Å². The summed E-state index contributed by atoms with van der Waals surface area (Å²) in [6.45, 7) is -0.134. The van der Waals surface area contributed by atoms with Gasteiger partial charge in [-0.3, -0.25) is 9.78 Å². The van der Waals surface area contributed by atoms with Crippen molar-refractivity contribution in [1.29, 1.82) is 0 Å². The van der Waals surface area contributed by atoms with Crippen LogP contribution < -0.4 is 5.32 Å². The number of carbonyl (C=O) groups is 1. The van der Waals surface area contributed by atoms with E-state index in [1.807, 2.05) is 18.4 Å². The van der Waals surface area contributed by atoms with Crippen molar-refractivity contribution in [1.82, 2.24) is 4.98 Å². The summed E-state index contributed by atoms with van der Waals surface area (Å²) in [5.74, 6) is 0.725. The summed E-state index contributed by atoms with van der Waals surface area (Å²) in [6, 6.07) is 9.17. The number of aliphatic hydroxyl groups is 1. The Bertz CT molecular complexity index is 585. The third kappa shape index (κ3) is 3.59. The molecule has 0 radical (unpaired) electrons. The quantitative estimate of drug-likeness (QED) is 0.888. The molecule has 5 heteroatoms. The molecule has 20 heavy (non-hydrogen) atoms. The first-order valence-corrected chi connectivity index (χ1v) is 7.57. The molecule has 0 fully saturated rings. The van der Waals surface area contributed by atoms with Gasteiger partial charge in [-0.05, 0) is 30.0 Å². The van der Waals surface area contributed by atoms with Crippen molar-refractivity contribution in [3.05, 3.63) is 59.4 Å². The zero-order valence-electron chi connectivity index (χ0n) is 11.2. The maximum absolute atomic E-state index is 12.1. The molecule has 104 valence electrons. The van der Waals surface area contributed by atoms with Crippen LogP contribution in [0.2, 0.25) is 0 Å². The van der Waals surface area contributed by atoms with Gasteiger partial charge in [-0.2, -0.15) is 11.8 Å². The van der Waals surface area contributed by atoms with Crippen molar-refractivity contribution in [2.75, 3.05) is 11.6 Å². The van der Waals surface area contributed by atoms with E-state index < -0.39 is 0 Å². The van der Waals surface area contributed by atoms with E-state index in [1.165, 1.54) is 11.8 Å². The average Bonchev–Trinajstić information content (AvgIpc) is 2.49. The molecule has 1 aromatic heterocycles. The molecule has 2 aromatic rings. The van der Waals surface area contributed by atoms with Gasteiger partial charge in [0.2, 0.25) is 0 Å². The number of hydrogen-bond acceptors (Lipinski definition) is 4. The zero-order valence-corrected chi connectivity index (χ0v) is 12.0. The molecular formula is C15H16N2O2S. The molecule has 0 aliphatic heterocycles. The fourth-order valence-electron chi connectivity index (χ4n) is 1.79. The Labute approximate surface area is 122 Å². The normalized spacial score (nSPS) is 10.3. The second-order valence-corrected chi connectivity index (χ2v) is 5.14. The number of anilines is 1. The van der Waals surface area contributed by atoms with Crippen LogP contribution in [0.5, 0.6) is 0 Å². The lowest BCUT2D eigenvalue weighted by atomic mass is 10.1. The minimum absolute atomic E-state index is 0.134. The van der Waals surface area contributed by atoms with Crippen LogP contribution in [0.4, 0.5) is 5.69 Å². The third-order valence-corrected chi connectivity index (χ3v) is 3.48. The number of nitrogens with zero attached hydrogens (tertiary/aromatic N) is 1. The molecule has 1 heterocycles. The van der Waals surface area contributed by atoms with Crippen molar-refractivity contribution in [2.24, 2.45) is 0 Å². The lowest BCUT2D eigenvalue weighted by molar-refractivity contribution is 0.102. The number of thioether (sulfide) groups is 1. The predicted molar refractivity (Wildman–Crippen MR) is 81.8 cm³/mol. The molecule has 2 rings (SSSR count). The molecule has 0 aliphatic carbocycles. The standard InChI is InChI=1S/C15H16N2O2S/c1-20-10-11-2-4-12(5-3-11)15(19)17-14-8-16-7-6-13(14)9-18/h2-8,18H,9-10H2,1H3,(H,17,19). The lowest BCUT2D eigenvalue weighted by Gasteiger charge is -2.09. The van der Waals surface area contributed by atoms with E-state index in [0.29, 0.717) is 16.8 Å². The van der Waals surface area contributed by atoms with Crippen LogP contribution in [0, 0.1) is 0 Å². The Morgan fingerprint density at radius 2 is 2.05 bits per heavy atom. The number of pyridine rings is 1. The number of amides is 1. The Hall–Kier alpha value is -1.85. The van der Waals surface area contributed by atoms with Gasteiger partial charge in [-0.25, -0.2) is 0 Å². The highest BCUT2D eigenvalue weighted by atomic mass is 32.2. The molecule has 0 unspecified atom stereocenters. The molecule has 0 aliphatic rings. The van der Waals surface area contributed by atoms with Crippen LogP contribution in [0.1, 0.15) is 21.5 Å². The van der Waals surface area contributed by atoms with Crippen molar-refractivity contribution in [3.63, 3.8) is 0 Å². The summed E-state index contributed by atoms with van der Waals surface area (Å²) in [6.07, 6.45) is 5.16. The maximum atomic E-state index is 12.1. The summed E-state index contributed by atoms with van der Waals surface area (Å²) >= 11 is 1.74. The zero-order chi connectivity index (χ0) is 14.4. The molecule has 2 N–H and O–H groups in total. The first-order chi connectivity index (χ1) is 9.74.